The maximum absolute atomic E-state index is 11.8. The van der Waals surface area contributed by atoms with Crippen LogP contribution in [0.3, 0.4) is 0 Å². The number of ether oxygens (including phenoxy) is 2. The minimum absolute atomic E-state index is 0.0844. The molecule has 164 valence electrons. The number of allylic oxidation sites excluding steroid dienone is 1. The molecule has 5 heteroatoms. The first-order valence-corrected chi connectivity index (χ1v) is 10.1. The van der Waals surface area contributed by atoms with E-state index in [1.807, 2.05) is 68.4 Å². The highest BCUT2D eigenvalue weighted by molar-refractivity contribution is 5.75. The Bertz CT molecular complexity index is 782. The van der Waals surface area contributed by atoms with Crippen molar-refractivity contribution in [2.75, 3.05) is 25.2 Å². The average Bonchev–Trinajstić information content (AvgIpc) is 2.68. The van der Waals surface area contributed by atoms with Crippen LogP contribution in [0.15, 0.2) is 66.7 Å². The van der Waals surface area contributed by atoms with E-state index in [1.54, 1.807) is 0 Å². The smallest absolute Gasteiger partial charge is 0.311 e. The molecule has 0 atom stereocenters. The number of methoxy groups -OCH3 is 1. The van der Waals surface area contributed by atoms with Crippen molar-refractivity contribution < 1.29 is 14.3 Å². The fourth-order valence-electron chi connectivity index (χ4n) is 3.21. The van der Waals surface area contributed by atoms with E-state index in [0.29, 0.717) is 6.61 Å². The summed E-state index contributed by atoms with van der Waals surface area (Å²) < 4.78 is 10.5. The number of nitrogens with two attached hydrogens (primary N) is 2. The van der Waals surface area contributed by atoms with E-state index in [-0.39, 0.29) is 11.4 Å². The van der Waals surface area contributed by atoms with Gasteiger partial charge in [0.25, 0.3) is 0 Å². The van der Waals surface area contributed by atoms with Crippen LogP contribution in [-0.4, -0.2) is 19.7 Å². The molecule has 0 heterocycles. The largest absolute Gasteiger partial charge is 0.493 e. The molecule has 30 heavy (non-hydrogen) atoms. The Morgan fingerprint density at radius 1 is 0.933 bits per heavy atom. The van der Waals surface area contributed by atoms with Crippen LogP contribution in [0, 0.1) is 10.8 Å². The van der Waals surface area contributed by atoms with Crippen LogP contribution >= 0.6 is 0 Å². The third-order valence-electron chi connectivity index (χ3n) is 4.44. The third kappa shape index (κ3) is 10.0. The molecule has 0 unspecified atom stereocenters. The van der Waals surface area contributed by atoms with Crippen molar-refractivity contribution in [1.29, 1.82) is 0 Å². The van der Waals surface area contributed by atoms with Gasteiger partial charge in [0.2, 0.25) is 0 Å². The predicted molar refractivity (Wildman–Crippen MR) is 125 cm³/mol. The lowest BCUT2D eigenvalue weighted by Gasteiger charge is -2.30. The Morgan fingerprint density at radius 2 is 1.50 bits per heavy atom. The van der Waals surface area contributed by atoms with Gasteiger partial charge < -0.3 is 20.9 Å². The maximum atomic E-state index is 11.8. The first-order valence-electron chi connectivity index (χ1n) is 10.1. The lowest BCUT2D eigenvalue weighted by atomic mass is 9.75. The summed E-state index contributed by atoms with van der Waals surface area (Å²) in [6, 6.07) is 16.9. The number of para-hydroxylation sites is 1. The van der Waals surface area contributed by atoms with E-state index in [4.69, 9.17) is 20.9 Å². The molecule has 0 aliphatic rings. The van der Waals surface area contributed by atoms with Crippen LogP contribution < -0.4 is 16.2 Å². The Labute approximate surface area is 181 Å². The molecule has 5 nitrogen and oxygen atoms in total. The molecule has 0 saturated heterocycles. The van der Waals surface area contributed by atoms with Gasteiger partial charge in [-0.15, -0.1) is 0 Å². The molecule has 0 radical (unpaired) electrons. The highest BCUT2D eigenvalue weighted by Crippen LogP contribution is 2.35. The standard InChI is InChI=1S/C19H29NO3.C6H7N/c1-18(2,14-19(3,4)17(21)22-5)12-6-7-13-23-16-10-8-15(20)9-11-16;7-6-4-2-1-3-5-6/h6,8-12H,7,13-14,20H2,1-5H3;1-5H,7H2/b12-6-;. The maximum Gasteiger partial charge on any atom is 0.311 e. The number of esters is 1. The summed E-state index contributed by atoms with van der Waals surface area (Å²) in [6.07, 6.45) is 5.78. The first kappa shape index (κ1) is 25.1. The summed E-state index contributed by atoms with van der Waals surface area (Å²) in [7, 11) is 1.43. The van der Waals surface area contributed by atoms with Gasteiger partial charge >= 0.3 is 5.97 Å². The van der Waals surface area contributed by atoms with Gasteiger partial charge in [-0.1, -0.05) is 44.2 Å². The molecule has 0 spiro atoms. The molecule has 2 aromatic carbocycles. The highest BCUT2D eigenvalue weighted by atomic mass is 16.5. The number of hydrogen-bond acceptors (Lipinski definition) is 5. The Hall–Kier alpha value is -2.95. The minimum atomic E-state index is -0.497. The molecule has 0 amide bonds. The molecule has 0 bridgehead atoms. The Balaban J connectivity index is 0.000000539. The molecule has 0 aliphatic heterocycles. The Kier molecular flexibility index (Phi) is 9.96. The summed E-state index contributed by atoms with van der Waals surface area (Å²) in [5, 5.41) is 0. The number of anilines is 2. The van der Waals surface area contributed by atoms with Crippen LogP contribution in [0.2, 0.25) is 0 Å². The number of carbonyl (C=O) groups excluding carboxylic acids is 1. The minimum Gasteiger partial charge on any atom is -0.493 e. The van der Waals surface area contributed by atoms with Gasteiger partial charge in [-0.05, 0) is 68.5 Å². The zero-order valence-corrected chi connectivity index (χ0v) is 18.9. The van der Waals surface area contributed by atoms with Gasteiger partial charge in [-0.2, -0.15) is 0 Å². The summed E-state index contributed by atoms with van der Waals surface area (Å²) in [5.74, 6) is 0.643. The van der Waals surface area contributed by atoms with Crippen LogP contribution in [0.25, 0.3) is 0 Å². The molecule has 2 rings (SSSR count). The zero-order valence-electron chi connectivity index (χ0n) is 18.9. The van der Waals surface area contributed by atoms with Crippen LogP contribution in [-0.2, 0) is 9.53 Å². The second kappa shape index (κ2) is 11.9. The molecule has 0 aromatic heterocycles. The normalized spacial score (nSPS) is 11.5. The van der Waals surface area contributed by atoms with Crippen molar-refractivity contribution in [2.45, 2.75) is 40.5 Å². The van der Waals surface area contributed by atoms with Gasteiger partial charge in [0.15, 0.2) is 0 Å². The van der Waals surface area contributed by atoms with Crippen molar-refractivity contribution in [3.05, 3.63) is 66.7 Å². The number of rotatable bonds is 8. The number of benzene rings is 2. The monoisotopic (exact) mass is 412 g/mol. The van der Waals surface area contributed by atoms with Gasteiger partial charge in [0.1, 0.15) is 5.75 Å². The van der Waals surface area contributed by atoms with Gasteiger partial charge in [-0.3, -0.25) is 4.79 Å². The third-order valence-corrected chi connectivity index (χ3v) is 4.44. The predicted octanol–water partition coefficient (Wildman–Crippen LogP) is 5.48. The summed E-state index contributed by atoms with van der Waals surface area (Å²) in [4.78, 5) is 11.8. The van der Waals surface area contributed by atoms with Crippen LogP contribution in [0.1, 0.15) is 40.5 Å². The van der Waals surface area contributed by atoms with Crippen LogP contribution in [0.4, 0.5) is 11.4 Å². The fourth-order valence-corrected chi connectivity index (χ4v) is 3.21. The number of nitrogen functional groups attached to an aromatic ring is 2. The lowest BCUT2D eigenvalue weighted by molar-refractivity contribution is -0.152. The van der Waals surface area contributed by atoms with Gasteiger partial charge in [-0.25, -0.2) is 0 Å². The van der Waals surface area contributed by atoms with Crippen molar-refractivity contribution in [3.8, 4) is 5.75 Å². The fraction of sp³-hybridized carbons (Fsp3) is 0.400. The molecular formula is C25H36N2O3. The topological polar surface area (TPSA) is 87.6 Å². The molecule has 2 aromatic rings. The lowest BCUT2D eigenvalue weighted by Crippen LogP contribution is -2.30. The van der Waals surface area contributed by atoms with Gasteiger partial charge in [0.05, 0.1) is 19.1 Å². The first-order chi connectivity index (χ1) is 14.1. The van der Waals surface area contributed by atoms with E-state index >= 15 is 0 Å². The number of carbonyl (C=O) groups is 1. The highest BCUT2D eigenvalue weighted by Gasteiger charge is 2.34. The van der Waals surface area contributed by atoms with Crippen molar-refractivity contribution in [3.63, 3.8) is 0 Å². The second-order valence-electron chi connectivity index (χ2n) is 8.56. The quantitative estimate of drug-likeness (QED) is 0.259. The second-order valence-corrected chi connectivity index (χ2v) is 8.56. The van der Waals surface area contributed by atoms with E-state index in [9.17, 15) is 4.79 Å². The van der Waals surface area contributed by atoms with E-state index < -0.39 is 5.41 Å². The van der Waals surface area contributed by atoms with E-state index in [1.165, 1.54) is 7.11 Å². The molecule has 0 fully saturated rings. The van der Waals surface area contributed by atoms with Crippen molar-refractivity contribution in [1.82, 2.24) is 0 Å². The average molecular weight is 413 g/mol. The van der Waals surface area contributed by atoms with E-state index in [0.717, 1.165) is 30.0 Å². The van der Waals surface area contributed by atoms with Crippen molar-refractivity contribution >= 4 is 17.3 Å². The summed E-state index contributed by atoms with van der Waals surface area (Å²) >= 11 is 0. The molecular weight excluding hydrogens is 376 g/mol. The summed E-state index contributed by atoms with van der Waals surface area (Å²) in [5.41, 5.74) is 12.0. The molecule has 0 saturated carbocycles. The molecule has 0 aliphatic carbocycles. The zero-order chi connectivity index (χ0) is 22.6. The van der Waals surface area contributed by atoms with Crippen LogP contribution in [0.5, 0.6) is 5.75 Å². The van der Waals surface area contributed by atoms with Gasteiger partial charge in [0, 0.05) is 11.4 Å². The SMILES string of the molecule is COC(=O)C(C)(C)CC(C)(C)/C=C\CCOc1ccc(N)cc1.Nc1ccccc1. The summed E-state index contributed by atoms with van der Waals surface area (Å²) in [6.45, 7) is 8.68. The van der Waals surface area contributed by atoms with Crippen molar-refractivity contribution in [2.24, 2.45) is 10.8 Å². The molecule has 4 N–H and O–H groups in total. The Morgan fingerprint density at radius 3 is 2.00 bits per heavy atom. The number of hydrogen-bond donors (Lipinski definition) is 2. The van der Waals surface area contributed by atoms with E-state index in [2.05, 4.69) is 26.0 Å².